The third-order valence-electron chi connectivity index (χ3n) is 4.73. The first-order valence-electron chi connectivity index (χ1n) is 12.9. The molecule has 0 N–H and O–H groups in total. The van der Waals surface area contributed by atoms with E-state index in [4.69, 9.17) is 36.0 Å². The van der Waals surface area contributed by atoms with Crippen LogP contribution < -0.4 is 10.4 Å². The van der Waals surface area contributed by atoms with Gasteiger partial charge in [-0.2, -0.15) is 0 Å². The third-order valence-corrected chi connectivity index (χ3v) is 10.3. The average molecular weight is 597 g/mol. The molecule has 13 heteroatoms. The Morgan fingerprint density at radius 1 is 0.625 bits per heavy atom. The van der Waals surface area contributed by atoms with Crippen LogP contribution in [0.3, 0.4) is 0 Å². The predicted molar refractivity (Wildman–Crippen MR) is 151 cm³/mol. The van der Waals surface area contributed by atoms with E-state index in [1.165, 1.54) is 0 Å². The number of hydrogen-bond acceptors (Lipinski definition) is 11. The second-order valence-corrected chi connectivity index (χ2v) is 12.7. The molecule has 2 aromatic rings. The molecule has 0 aliphatic carbocycles. The monoisotopic (exact) mass is 596 g/mol. The van der Waals surface area contributed by atoms with Gasteiger partial charge in [-0.1, -0.05) is 60.7 Å². The van der Waals surface area contributed by atoms with Crippen molar-refractivity contribution in [2.45, 2.75) is 34.6 Å². The van der Waals surface area contributed by atoms with Crippen LogP contribution in [0.4, 0.5) is 0 Å². The van der Waals surface area contributed by atoms with Crippen molar-refractivity contribution in [3.05, 3.63) is 60.7 Å². The van der Waals surface area contributed by atoms with Gasteiger partial charge in [-0.25, -0.2) is 0 Å². The van der Waals surface area contributed by atoms with E-state index in [9.17, 15) is 14.4 Å². The Kier molecular flexibility index (Phi) is 16.9. The molecule has 2 aromatic carbocycles. The molecule has 0 heterocycles. The summed E-state index contributed by atoms with van der Waals surface area (Å²) in [4.78, 5) is 34.7. The highest BCUT2D eigenvalue weighted by Crippen LogP contribution is 2.13. The Morgan fingerprint density at radius 3 is 1.50 bits per heavy atom. The molecular formula is C27H40O11Si2. The van der Waals surface area contributed by atoms with Crippen molar-refractivity contribution in [3.8, 4) is 0 Å². The molecule has 0 fully saturated rings. The number of benzene rings is 2. The highest BCUT2D eigenvalue weighted by Gasteiger charge is 2.55. The Bertz CT molecular complexity index is 984. The van der Waals surface area contributed by atoms with Crippen molar-refractivity contribution >= 4 is 45.9 Å². The molecule has 40 heavy (non-hydrogen) atoms. The van der Waals surface area contributed by atoms with Crippen molar-refractivity contribution in [2.24, 2.45) is 0 Å². The van der Waals surface area contributed by atoms with Gasteiger partial charge < -0.3 is 36.0 Å². The van der Waals surface area contributed by atoms with E-state index in [-0.39, 0.29) is 6.61 Å². The summed E-state index contributed by atoms with van der Waals surface area (Å²) in [5, 5.41) is 1.31. The summed E-state index contributed by atoms with van der Waals surface area (Å²) < 4.78 is 43.1. The molecule has 2 rings (SSSR count). The molecule has 0 aliphatic rings. The number of methoxy groups -OCH3 is 1. The fourth-order valence-corrected chi connectivity index (χ4v) is 7.94. The fourth-order valence-electron chi connectivity index (χ4n) is 3.28. The van der Waals surface area contributed by atoms with Gasteiger partial charge in [0.2, 0.25) is 0 Å². The SMILES string of the molecule is CCOCC(=O)O[Si](OC(C)=O)(OC(C)=O)c1ccccc1.CCO[Si](OCC)(OCCOC)c1ccccc1. The zero-order valence-corrected chi connectivity index (χ0v) is 26.0. The molecular weight excluding hydrogens is 556 g/mol. The standard InChI is InChI=1S/C14H18O7Si.C13H22O4Si/c1-4-18-10-14(17)21-22(19-11(2)15,20-12(3)16)13-8-6-5-7-9-13;1-4-15-18(16-5-2,17-12-11-14-3)13-9-7-6-8-10-13/h5-9H,4,10H2,1-3H3;6-10H,4-5,11-12H2,1-3H3. The minimum absolute atomic E-state index is 0.316. The van der Waals surface area contributed by atoms with Crippen molar-refractivity contribution in [2.75, 3.05) is 46.8 Å². The maximum atomic E-state index is 11.9. The Labute approximate surface area is 238 Å². The van der Waals surface area contributed by atoms with Crippen LogP contribution in [-0.4, -0.2) is 82.3 Å². The van der Waals surface area contributed by atoms with Gasteiger partial charge in [0.15, 0.2) is 0 Å². The van der Waals surface area contributed by atoms with Crippen LogP contribution in [0.15, 0.2) is 60.7 Å². The van der Waals surface area contributed by atoms with Crippen LogP contribution in [0.25, 0.3) is 0 Å². The van der Waals surface area contributed by atoms with Gasteiger partial charge in [0.05, 0.1) is 18.4 Å². The first kappa shape index (κ1) is 35.1. The van der Waals surface area contributed by atoms with Crippen molar-refractivity contribution in [1.82, 2.24) is 0 Å². The molecule has 0 spiro atoms. The topological polar surface area (TPSA) is 125 Å². The van der Waals surface area contributed by atoms with Gasteiger partial charge in [-0.3, -0.25) is 14.4 Å². The maximum Gasteiger partial charge on any atom is 0.742 e. The number of carbonyl (C=O) groups excluding carboxylic acids is 3. The second-order valence-electron chi connectivity index (χ2n) is 7.85. The van der Waals surface area contributed by atoms with E-state index in [1.807, 2.05) is 44.2 Å². The van der Waals surface area contributed by atoms with Gasteiger partial charge in [0.1, 0.15) is 6.61 Å². The maximum absolute atomic E-state index is 11.9. The van der Waals surface area contributed by atoms with Crippen LogP contribution >= 0.6 is 0 Å². The summed E-state index contributed by atoms with van der Waals surface area (Å²) in [5.41, 5.74) is 0. The number of carbonyl (C=O) groups is 3. The largest absolute Gasteiger partial charge is 0.742 e. The summed E-state index contributed by atoms with van der Waals surface area (Å²) in [5.74, 6) is -2.22. The molecule has 0 aliphatic heterocycles. The number of ether oxygens (including phenoxy) is 2. The molecule has 0 bridgehead atoms. The Hall–Kier alpha value is -2.92. The van der Waals surface area contributed by atoms with Crippen molar-refractivity contribution < 1.29 is 50.4 Å². The lowest BCUT2D eigenvalue weighted by Gasteiger charge is -2.28. The molecule has 222 valence electrons. The molecule has 0 saturated carbocycles. The van der Waals surface area contributed by atoms with E-state index in [2.05, 4.69) is 0 Å². The molecule has 11 nitrogen and oxygen atoms in total. The highest BCUT2D eigenvalue weighted by molar-refractivity contribution is 6.79. The van der Waals surface area contributed by atoms with Crippen molar-refractivity contribution in [1.29, 1.82) is 0 Å². The Balaban J connectivity index is 0.000000408. The fraction of sp³-hybridized carbons (Fsp3) is 0.444. The lowest BCUT2D eigenvalue weighted by molar-refractivity contribution is -0.150. The molecule has 0 atom stereocenters. The zero-order valence-electron chi connectivity index (χ0n) is 24.0. The van der Waals surface area contributed by atoms with Gasteiger partial charge >= 0.3 is 23.6 Å². The van der Waals surface area contributed by atoms with E-state index >= 15 is 0 Å². The van der Waals surface area contributed by atoms with E-state index in [0.717, 1.165) is 19.0 Å². The van der Waals surface area contributed by atoms with Crippen molar-refractivity contribution in [3.63, 3.8) is 0 Å². The lowest BCUT2D eigenvalue weighted by atomic mass is 10.4. The number of rotatable bonds is 16. The normalized spacial score (nSPS) is 11.2. The Morgan fingerprint density at radius 2 is 1.10 bits per heavy atom. The zero-order chi connectivity index (χ0) is 29.9. The third kappa shape index (κ3) is 12.1. The highest BCUT2D eigenvalue weighted by atomic mass is 28.4. The van der Waals surface area contributed by atoms with Crippen LogP contribution in [0, 0.1) is 0 Å². The van der Waals surface area contributed by atoms with Crippen LogP contribution in [0.5, 0.6) is 0 Å². The van der Waals surface area contributed by atoms with Crippen LogP contribution in [0.2, 0.25) is 0 Å². The summed E-state index contributed by atoms with van der Waals surface area (Å²) in [6.07, 6.45) is 0. The van der Waals surface area contributed by atoms with Gasteiger partial charge in [-0.15, -0.1) is 0 Å². The van der Waals surface area contributed by atoms with Gasteiger partial charge in [-0.05, 0) is 20.8 Å². The minimum atomic E-state index is -4.04. The smallest absolute Gasteiger partial charge is 0.452 e. The summed E-state index contributed by atoms with van der Waals surface area (Å²) in [6.45, 7) is 10.0. The predicted octanol–water partition coefficient (Wildman–Crippen LogP) is 2.11. The first-order chi connectivity index (χ1) is 19.2. The van der Waals surface area contributed by atoms with Crippen LogP contribution in [-0.2, 0) is 50.4 Å². The summed E-state index contributed by atoms with van der Waals surface area (Å²) >= 11 is 0. The van der Waals surface area contributed by atoms with E-state index < -0.39 is 35.5 Å². The quantitative estimate of drug-likeness (QED) is 0.209. The number of hydrogen-bond donors (Lipinski definition) is 0. The summed E-state index contributed by atoms with van der Waals surface area (Å²) in [7, 11) is -5.18. The average Bonchev–Trinajstić information content (AvgIpc) is 2.93. The molecule has 0 saturated heterocycles. The van der Waals surface area contributed by atoms with Gasteiger partial charge in [0, 0.05) is 46.0 Å². The lowest BCUT2D eigenvalue weighted by Crippen LogP contribution is -2.59. The molecule has 0 aromatic heterocycles. The first-order valence-corrected chi connectivity index (χ1v) is 16.3. The minimum Gasteiger partial charge on any atom is -0.452 e. The molecule has 0 amide bonds. The summed E-state index contributed by atoms with van der Waals surface area (Å²) in [6, 6.07) is 18.0. The van der Waals surface area contributed by atoms with E-state index in [0.29, 0.717) is 38.2 Å². The molecule has 0 radical (unpaired) electrons. The second kappa shape index (κ2) is 19.2. The van der Waals surface area contributed by atoms with Crippen LogP contribution in [0.1, 0.15) is 34.6 Å². The van der Waals surface area contributed by atoms with E-state index in [1.54, 1.807) is 44.4 Å². The van der Waals surface area contributed by atoms with Gasteiger partial charge in [0.25, 0.3) is 11.9 Å². The molecule has 0 unspecified atom stereocenters.